The SMILES string of the molecule is O=C(O)C=CC(=O)N1N=C(c2cccs2)CC1c1ccco1. The van der Waals surface area contributed by atoms with Crippen LogP contribution in [0.2, 0.25) is 0 Å². The fraction of sp³-hybridized carbons (Fsp3) is 0.133. The summed E-state index contributed by atoms with van der Waals surface area (Å²) in [4.78, 5) is 23.8. The third-order valence-corrected chi connectivity index (χ3v) is 4.10. The maximum atomic E-state index is 12.2. The molecule has 6 nitrogen and oxygen atoms in total. The van der Waals surface area contributed by atoms with Crippen LogP contribution < -0.4 is 0 Å². The highest BCUT2D eigenvalue weighted by Gasteiger charge is 2.34. The average molecular weight is 316 g/mol. The zero-order valence-electron chi connectivity index (χ0n) is 11.4. The van der Waals surface area contributed by atoms with Crippen molar-refractivity contribution in [3.05, 3.63) is 58.7 Å². The Labute approximate surface area is 130 Å². The molecule has 22 heavy (non-hydrogen) atoms. The van der Waals surface area contributed by atoms with Crippen molar-refractivity contribution in [1.29, 1.82) is 0 Å². The van der Waals surface area contributed by atoms with Gasteiger partial charge in [0.2, 0.25) is 0 Å². The van der Waals surface area contributed by atoms with Gasteiger partial charge in [-0.3, -0.25) is 4.79 Å². The molecule has 0 bridgehead atoms. The van der Waals surface area contributed by atoms with Crippen LogP contribution in [-0.4, -0.2) is 27.7 Å². The first-order chi connectivity index (χ1) is 10.6. The molecule has 7 heteroatoms. The normalized spacial score (nSPS) is 17.9. The van der Waals surface area contributed by atoms with Gasteiger partial charge in [-0.2, -0.15) is 5.10 Å². The van der Waals surface area contributed by atoms with E-state index in [9.17, 15) is 9.59 Å². The number of thiophene rings is 1. The Morgan fingerprint density at radius 2 is 2.23 bits per heavy atom. The van der Waals surface area contributed by atoms with Gasteiger partial charge >= 0.3 is 5.97 Å². The molecule has 1 aliphatic heterocycles. The van der Waals surface area contributed by atoms with Crippen molar-refractivity contribution in [2.24, 2.45) is 5.10 Å². The van der Waals surface area contributed by atoms with E-state index in [2.05, 4.69) is 5.10 Å². The highest BCUT2D eigenvalue weighted by atomic mass is 32.1. The van der Waals surface area contributed by atoms with E-state index >= 15 is 0 Å². The summed E-state index contributed by atoms with van der Waals surface area (Å²) in [6, 6.07) is 7.01. The fourth-order valence-electron chi connectivity index (χ4n) is 2.23. The molecule has 0 radical (unpaired) electrons. The van der Waals surface area contributed by atoms with Crippen LogP contribution in [0.25, 0.3) is 0 Å². The molecule has 2 aromatic rings. The quantitative estimate of drug-likeness (QED) is 0.879. The summed E-state index contributed by atoms with van der Waals surface area (Å²) in [6.07, 6.45) is 3.87. The van der Waals surface area contributed by atoms with Crippen molar-refractivity contribution in [1.82, 2.24) is 5.01 Å². The Kier molecular flexibility index (Phi) is 3.88. The van der Waals surface area contributed by atoms with Gasteiger partial charge in [0.05, 0.1) is 16.9 Å². The van der Waals surface area contributed by atoms with E-state index in [4.69, 9.17) is 9.52 Å². The van der Waals surface area contributed by atoms with Gasteiger partial charge in [0.1, 0.15) is 11.8 Å². The van der Waals surface area contributed by atoms with Gasteiger partial charge in [-0.15, -0.1) is 11.3 Å². The number of hydrazone groups is 1. The summed E-state index contributed by atoms with van der Waals surface area (Å²) in [6.45, 7) is 0. The maximum absolute atomic E-state index is 12.2. The van der Waals surface area contributed by atoms with E-state index < -0.39 is 11.9 Å². The average Bonchev–Trinajstić information content (AvgIpc) is 3.23. The minimum Gasteiger partial charge on any atom is -0.478 e. The maximum Gasteiger partial charge on any atom is 0.328 e. The minimum absolute atomic E-state index is 0.363. The highest BCUT2D eigenvalue weighted by molar-refractivity contribution is 7.12. The van der Waals surface area contributed by atoms with Gasteiger partial charge in [-0.1, -0.05) is 6.07 Å². The second-order valence-electron chi connectivity index (χ2n) is 4.61. The monoisotopic (exact) mass is 316 g/mol. The third kappa shape index (κ3) is 2.84. The number of carboxylic acid groups (broad SMARTS) is 1. The molecular formula is C15H12N2O4S. The molecule has 1 N–H and O–H groups in total. The van der Waals surface area contributed by atoms with Crippen LogP contribution in [0.1, 0.15) is 23.1 Å². The summed E-state index contributed by atoms with van der Waals surface area (Å²) in [5.41, 5.74) is 0.786. The van der Waals surface area contributed by atoms with Crippen LogP contribution in [0.15, 0.2) is 57.6 Å². The Balaban J connectivity index is 1.90. The molecule has 2 aromatic heterocycles. The summed E-state index contributed by atoms with van der Waals surface area (Å²) < 4.78 is 5.38. The van der Waals surface area contributed by atoms with E-state index in [0.717, 1.165) is 22.7 Å². The van der Waals surface area contributed by atoms with Crippen molar-refractivity contribution in [3.8, 4) is 0 Å². The summed E-state index contributed by atoms with van der Waals surface area (Å²) >= 11 is 1.54. The lowest BCUT2D eigenvalue weighted by Crippen LogP contribution is -2.25. The number of hydrogen-bond acceptors (Lipinski definition) is 5. The van der Waals surface area contributed by atoms with Gasteiger partial charge in [0.25, 0.3) is 5.91 Å². The molecular weight excluding hydrogens is 304 g/mol. The summed E-state index contributed by atoms with van der Waals surface area (Å²) in [7, 11) is 0. The molecule has 1 atom stereocenters. The van der Waals surface area contributed by atoms with Crippen molar-refractivity contribution < 1.29 is 19.1 Å². The zero-order chi connectivity index (χ0) is 15.5. The fourth-order valence-corrected chi connectivity index (χ4v) is 2.95. The molecule has 0 spiro atoms. The number of hydrogen-bond donors (Lipinski definition) is 1. The summed E-state index contributed by atoms with van der Waals surface area (Å²) in [5.74, 6) is -1.05. The van der Waals surface area contributed by atoms with E-state index in [1.807, 2.05) is 17.5 Å². The number of rotatable bonds is 4. The predicted octanol–water partition coefficient (Wildman–Crippen LogP) is 2.66. The molecule has 1 unspecified atom stereocenters. The number of carbonyl (C=O) groups excluding carboxylic acids is 1. The van der Waals surface area contributed by atoms with Gasteiger partial charge in [0.15, 0.2) is 0 Å². The van der Waals surface area contributed by atoms with E-state index in [0.29, 0.717) is 12.2 Å². The second-order valence-corrected chi connectivity index (χ2v) is 5.56. The molecule has 1 amide bonds. The number of nitrogens with zero attached hydrogens (tertiary/aromatic N) is 2. The first-order valence-electron chi connectivity index (χ1n) is 6.54. The van der Waals surface area contributed by atoms with Crippen LogP contribution in [0, 0.1) is 0 Å². The van der Waals surface area contributed by atoms with Gasteiger partial charge in [0, 0.05) is 18.6 Å². The molecule has 1 aliphatic rings. The van der Waals surface area contributed by atoms with Crippen molar-refractivity contribution >= 4 is 28.9 Å². The van der Waals surface area contributed by atoms with Gasteiger partial charge in [-0.05, 0) is 23.6 Å². The predicted molar refractivity (Wildman–Crippen MR) is 80.5 cm³/mol. The summed E-state index contributed by atoms with van der Waals surface area (Å²) in [5, 5.41) is 16.2. The number of amides is 1. The Hall–Kier alpha value is -2.67. The largest absolute Gasteiger partial charge is 0.478 e. The van der Waals surface area contributed by atoms with E-state index in [-0.39, 0.29) is 6.04 Å². The molecule has 0 aromatic carbocycles. The number of carbonyl (C=O) groups is 2. The molecule has 0 fully saturated rings. The van der Waals surface area contributed by atoms with Crippen LogP contribution in [0.5, 0.6) is 0 Å². The minimum atomic E-state index is -1.18. The smallest absolute Gasteiger partial charge is 0.328 e. The van der Waals surface area contributed by atoms with Crippen LogP contribution in [0.3, 0.4) is 0 Å². The second kappa shape index (κ2) is 5.98. The Morgan fingerprint density at radius 3 is 2.86 bits per heavy atom. The van der Waals surface area contributed by atoms with Crippen molar-refractivity contribution in [2.75, 3.05) is 0 Å². The van der Waals surface area contributed by atoms with Crippen LogP contribution in [0.4, 0.5) is 0 Å². The molecule has 3 rings (SSSR count). The lowest BCUT2D eigenvalue weighted by molar-refractivity contribution is -0.132. The van der Waals surface area contributed by atoms with Crippen molar-refractivity contribution in [3.63, 3.8) is 0 Å². The lowest BCUT2D eigenvalue weighted by Gasteiger charge is -2.17. The third-order valence-electron chi connectivity index (χ3n) is 3.18. The first kappa shape index (κ1) is 14.3. The number of carboxylic acids is 1. The molecule has 0 aliphatic carbocycles. The van der Waals surface area contributed by atoms with Crippen molar-refractivity contribution in [2.45, 2.75) is 12.5 Å². The highest BCUT2D eigenvalue weighted by Crippen LogP contribution is 2.34. The van der Waals surface area contributed by atoms with Gasteiger partial charge in [-0.25, -0.2) is 9.80 Å². The molecule has 0 saturated heterocycles. The first-order valence-corrected chi connectivity index (χ1v) is 7.42. The van der Waals surface area contributed by atoms with E-state index in [1.165, 1.54) is 22.6 Å². The van der Waals surface area contributed by atoms with E-state index in [1.54, 1.807) is 12.1 Å². The van der Waals surface area contributed by atoms with Gasteiger partial charge < -0.3 is 9.52 Å². The molecule has 3 heterocycles. The Bertz CT molecular complexity index is 732. The zero-order valence-corrected chi connectivity index (χ0v) is 12.2. The molecule has 0 saturated carbocycles. The van der Waals surface area contributed by atoms with Crippen LogP contribution >= 0.6 is 11.3 Å². The standard InChI is InChI=1S/C15H12N2O4S/c18-14(5-6-15(19)20)17-11(12-3-1-7-21-12)9-10(16-17)13-4-2-8-22-13/h1-8,11H,9H2,(H,19,20). The van der Waals surface area contributed by atoms with Crippen LogP contribution in [-0.2, 0) is 9.59 Å². The Morgan fingerprint density at radius 1 is 1.36 bits per heavy atom. The molecule has 112 valence electrons. The topological polar surface area (TPSA) is 83.1 Å². The number of aliphatic carboxylic acids is 1. The lowest BCUT2D eigenvalue weighted by atomic mass is 10.1. The number of furan rings is 1.